The molecule has 36 heavy (non-hydrogen) atoms. The lowest BCUT2D eigenvalue weighted by Gasteiger charge is -2.16. The Hall–Kier alpha value is -4.68. The number of carboxylic acid groups (broad SMARTS) is 1. The Labute approximate surface area is 207 Å². The largest absolute Gasteiger partial charge is 0.491 e. The van der Waals surface area contributed by atoms with Gasteiger partial charge in [-0.2, -0.15) is 0 Å². The number of carbonyl (C=O) groups is 2. The van der Waals surface area contributed by atoms with Crippen LogP contribution in [0.1, 0.15) is 40.4 Å². The van der Waals surface area contributed by atoms with E-state index in [0.29, 0.717) is 6.42 Å². The predicted molar refractivity (Wildman–Crippen MR) is 133 cm³/mol. The third-order valence-corrected chi connectivity index (χ3v) is 5.20. The van der Waals surface area contributed by atoms with E-state index in [0.717, 1.165) is 12.8 Å². The number of amides is 1. The zero-order chi connectivity index (χ0) is 25.9. The molecule has 1 unspecified atom stereocenters. The highest BCUT2D eigenvalue weighted by atomic mass is 16.6. The third kappa shape index (κ3) is 7.16. The quantitative estimate of drug-likeness (QED) is 0.167. The number of unbranched alkanes of at least 4 members (excludes halogenated alkanes) is 1. The molecule has 0 radical (unpaired) electrons. The minimum Gasteiger partial charge on any atom is -0.491 e. The van der Waals surface area contributed by atoms with Crippen molar-refractivity contribution in [3.63, 3.8) is 0 Å². The van der Waals surface area contributed by atoms with E-state index in [4.69, 9.17) is 9.84 Å². The molecule has 0 heterocycles. The fourth-order valence-corrected chi connectivity index (χ4v) is 3.49. The number of aliphatic hydroxyl groups is 1. The summed E-state index contributed by atoms with van der Waals surface area (Å²) in [5, 5.41) is 33.6. The second-order valence-electron chi connectivity index (χ2n) is 7.72. The van der Waals surface area contributed by atoms with Crippen LogP contribution in [-0.4, -0.2) is 33.6 Å². The molecule has 0 aliphatic heterocycles. The number of aryl methyl sites for hydroxylation is 1. The van der Waals surface area contributed by atoms with E-state index in [-0.39, 0.29) is 29.2 Å². The number of nitrogens with zero attached hydrogens (tertiary/aromatic N) is 1. The van der Waals surface area contributed by atoms with E-state index in [2.05, 4.69) is 5.32 Å². The molecule has 184 valence electrons. The van der Waals surface area contributed by atoms with Gasteiger partial charge >= 0.3 is 11.7 Å². The summed E-state index contributed by atoms with van der Waals surface area (Å²) in [6.07, 6.45) is 0.548. The van der Waals surface area contributed by atoms with Gasteiger partial charge in [-0.1, -0.05) is 54.5 Å². The van der Waals surface area contributed by atoms with Crippen molar-refractivity contribution in [3.05, 3.63) is 99.6 Å². The topological polar surface area (TPSA) is 139 Å². The van der Waals surface area contributed by atoms with E-state index in [1.807, 2.05) is 36.3 Å². The Kier molecular flexibility index (Phi) is 9.14. The van der Waals surface area contributed by atoms with Crippen molar-refractivity contribution < 1.29 is 29.5 Å². The average Bonchev–Trinajstić information content (AvgIpc) is 2.88. The molecule has 0 bridgehead atoms. The normalized spacial score (nSPS) is 11.0. The first kappa shape index (κ1) is 25.9. The molecule has 0 saturated heterocycles. The third-order valence-electron chi connectivity index (χ3n) is 5.20. The van der Waals surface area contributed by atoms with E-state index >= 15 is 0 Å². The van der Waals surface area contributed by atoms with Gasteiger partial charge in [0.05, 0.1) is 17.1 Å². The fraction of sp³-hybridized carbons (Fsp3) is 0.185. The minimum atomic E-state index is -1.77. The van der Waals surface area contributed by atoms with Crippen LogP contribution in [0.5, 0.6) is 5.75 Å². The van der Waals surface area contributed by atoms with Gasteiger partial charge < -0.3 is 20.3 Å². The number of aliphatic carboxylic acids is 1. The highest BCUT2D eigenvalue weighted by Gasteiger charge is 2.29. The summed E-state index contributed by atoms with van der Waals surface area (Å²) in [5.74, 6) is 1.74. The molecule has 3 aromatic carbocycles. The molecule has 0 aliphatic carbocycles. The van der Waals surface area contributed by atoms with Gasteiger partial charge in [0, 0.05) is 11.5 Å². The van der Waals surface area contributed by atoms with E-state index in [1.54, 1.807) is 36.3 Å². The number of anilines is 1. The van der Waals surface area contributed by atoms with Gasteiger partial charge in [0.25, 0.3) is 5.91 Å². The lowest BCUT2D eigenvalue weighted by Crippen LogP contribution is -2.16. The Balaban J connectivity index is 1.87. The van der Waals surface area contributed by atoms with Crippen LogP contribution in [0.15, 0.2) is 72.8 Å². The number of nitro benzene ring substituents is 1. The van der Waals surface area contributed by atoms with Crippen molar-refractivity contribution >= 4 is 23.3 Å². The summed E-state index contributed by atoms with van der Waals surface area (Å²) >= 11 is 0. The Morgan fingerprint density at radius 2 is 1.67 bits per heavy atom. The molecule has 0 fully saturated rings. The van der Waals surface area contributed by atoms with Gasteiger partial charge in [-0.15, -0.1) is 0 Å². The van der Waals surface area contributed by atoms with Gasteiger partial charge in [0.15, 0.2) is 5.69 Å². The van der Waals surface area contributed by atoms with Crippen LogP contribution in [0.4, 0.5) is 11.4 Å². The fourth-order valence-electron chi connectivity index (χ4n) is 3.49. The number of aliphatic hydroxyl groups excluding tert-OH is 1. The Morgan fingerprint density at radius 1 is 1.00 bits per heavy atom. The molecule has 3 N–H and O–H groups in total. The standard InChI is InChI=1S/C27H24N2O7/c30-22(15-17-24(31)32)21-14-16-23(36-18-8-7-11-19-9-3-1-4-10-19)25(26(21)29(34)35)28-27(33)20-12-5-2-6-13-20/h1-6,9-10,12-14,16,22,30H,7-8,11,18H2,(H,28,33)(H,31,32). The molecule has 3 rings (SSSR count). The highest BCUT2D eigenvalue weighted by molar-refractivity contribution is 6.06. The van der Waals surface area contributed by atoms with Crippen molar-refractivity contribution in [2.24, 2.45) is 0 Å². The molecule has 1 amide bonds. The van der Waals surface area contributed by atoms with Crippen LogP contribution in [0.25, 0.3) is 0 Å². The molecular formula is C27H24N2O7. The molecule has 9 heteroatoms. The first-order valence-corrected chi connectivity index (χ1v) is 11.1. The van der Waals surface area contributed by atoms with Crippen molar-refractivity contribution in [1.82, 2.24) is 0 Å². The second kappa shape index (κ2) is 12.7. The number of rotatable bonds is 10. The Bertz CT molecular complexity index is 1280. The van der Waals surface area contributed by atoms with E-state index < -0.39 is 28.6 Å². The van der Waals surface area contributed by atoms with Crippen LogP contribution >= 0.6 is 0 Å². The molecular weight excluding hydrogens is 464 g/mol. The SMILES string of the molecule is O=C(O)C#CC(O)c1ccc(OCCCCc2ccccc2)c(NC(=O)c2ccccc2)c1[N+](=O)[O-]. The molecule has 1 atom stereocenters. The number of carboxylic acids is 1. The monoisotopic (exact) mass is 488 g/mol. The molecule has 0 aromatic heterocycles. The number of carbonyl (C=O) groups excluding carboxylic acids is 1. The van der Waals surface area contributed by atoms with Crippen LogP contribution in [-0.2, 0) is 11.2 Å². The summed E-state index contributed by atoms with van der Waals surface area (Å²) in [6.45, 7) is 0.235. The highest BCUT2D eigenvalue weighted by Crippen LogP contribution is 2.40. The minimum absolute atomic E-state index is 0.0489. The summed E-state index contributed by atoms with van der Waals surface area (Å²) in [7, 11) is 0. The number of hydrogen-bond donors (Lipinski definition) is 3. The lowest BCUT2D eigenvalue weighted by molar-refractivity contribution is -0.385. The Morgan fingerprint density at radius 3 is 2.31 bits per heavy atom. The maximum atomic E-state index is 12.8. The van der Waals surface area contributed by atoms with Crippen molar-refractivity contribution in [2.75, 3.05) is 11.9 Å². The van der Waals surface area contributed by atoms with Crippen LogP contribution in [0.3, 0.4) is 0 Å². The second-order valence-corrected chi connectivity index (χ2v) is 7.72. The summed E-state index contributed by atoms with van der Waals surface area (Å²) in [4.78, 5) is 34.8. The summed E-state index contributed by atoms with van der Waals surface area (Å²) in [6, 6.07) is 20.6. The zero-order valence-corrected chi connectivity index (χ0v) is 19.2. The van der Waals surface area contributed by atoms with Gasteiger partial charge in [0.1, 0.15) is 11.9 Å². The maximum Gasteiger partial charge on any atom is 0.382 e. The number of nitro groups is 1. The van der Waals surface area contributed by atoms with Crippen LogP contribution in [0, 0.1) is 22.0 Å². The van der Waals surface area contributed by atoms with Crippen LogP contribution < -0.4 is 10.1 Å². The molecule has 3 aromatic rings. The first-order chi connectivity index (χ1) is 17.4. The average molecular weight is 488 g/mol. The molecule has 0 spiro atoms. The van der Waals surface area contributed by atoms with Crippen molar-refractivity contribution in [1.29, 1.82) is 0 Å². The van der Waals surface area contributed by atoms with Gasteiger partial charge in [-0.3, -0.25) is 14.9 Å². The summed E-state index contributed by atoms with van der Waals surface area (Å²) in [5.41, 5.74) is 0.300. The molecule has 0 aliphatic rings. The van der Waals surface area contributed by atoms with E-state index in [9.17, 15) is 24.8 Å². The van der Waals surface area contributed by atoms with E-state index in [1.165, 1.54) is 17.7 Å². The van der Waals surface area contributed by atoms with Gasteiger partial charge in [-0.25, -0.2) is 4.79 Å². The molecule has 0 saturated carbocycles. The zero-order valence-electron chi connectivity index (χ0n) is 19.2. The van der Waals surface area contributed by atoms with Crippen molar-refractivity contribution in [2.45, 2.75) is 25.4 Å². The smallest absolute Gasteiger partial charge is 0.382 e. The summed E-state index contributed by atoms with van der Waals surface area (Å²) < 4.78 is 5.80. The number of ether oxygens (including phenoxy) is 1. The molecule has 9 nitrogen and oxygen atoms in total. The van der Waals surface area contributed by atoms with Crippen molar-refractivity contribution in [3.8, 4) is 17.6 Å². The number of hydrogen-bond acceptors (Lipinski definition) is 6. The van der Waals surface area contributed by atoms with Gasteiger partial charge in [0.2, 0.25) is 0 Å². The number of nitrogens with one attached hydrogen (secondary N) is 1. The predicted octanol–water partition coefficient (Wildman–Crippen LogP) is 4.37. The maximum absolute atomic E-state index is 12.8. The first-order valence-electron chi connectivity index (χ1n) is 11.1. The number of benzene rings is 3. The van der Waals surface area contributed by atoms with Gasteiger partial charge in [-0.05, 0) is 49.1 Å². The van der Waals surface area contributed by atoms with Crippen LogP contribution in [0.2, 0.25) is 0 Å². The lowest BCUT2D eigenvalue weighted by atomic mass is 10.0.